The summed E-state index contributed by atoms with van der Waals surface area (Å²) in [5, 5.41) is 0. The molecule has 1 aromatic rings. The zero-order valence-electron chi connectivity index (χ0n) is 6.10. The molecule has 0 fully saturated rings. The molecule has 0 bridgehead atoms. The number of nitrogens with two attached hydrogens (primary N) is 1. The van der Waals surface area contributed by atoms with Crippen molar-refractivity contribution in [2.75, 3.05) is 0 Å². The van der Waals surface area contributed by atoms with Crippen molar-refractivity contribution in [1.82, 2.24) is 0 Å². The van der Waals surface area contributed by atoms with Crippen molar-refractivity contribution < 1.29 is 13.2 Å². The molecule has 66 valence electrons. The van der Waals surface area contributed by atoms with Crippen molar-refractivity contribution in [1.29, 1.82) is 0 Å². The maximum Gasteiger partial charge on any atom is 0.405 e. The molecule has 0 saturated heterocycles. The van der Waals surface area contributed by atoms with E-state index in [1.165, 1.54) is 12.1 Å². The summed E-state index contributed by atoms with van der Waals surface area (Å²) in [6, 6.07) is 4.84. The van der Waals surface area contributed by atoms with E-state index in [2.05, 4.69) is 0 Å². The highest BCUT2D eigenvalue weighted by atomic mass is 19.4. The Morgan fingerprint density at radius 2 is 1.92 bits per heavy atom. The molecule has 0 unspecified atom stereocenters. The highest BCUT2D eigenvalue weighted by molar-refractivity contribution is 5.29. The van der Waals surface area contributed by atoms with E-state index in [1.54, 1.807) is 0 Å². The van der Waals surface area contributed by atoms with Gasteiger partial charge in [0.1, 0.15) is 0 Å². The molecule has 2 N–H and O–H groups in total. The number of hydrogen-bond donors (Lipinski definition) is 1. The third kappa shape index (κ3) is 1.92. The molecule has 0 heterocycles. The maximum atomic E-state index is 12.0. The second-order valence-electron chi connectivity index (χ2n) is 2.29. The van der Waals surface area contributed by atoms with Crippen LogP contribution in [0.4, 0.5) is 13.2 Å². The van der Waals surface area contributed by atoms with Crippen molar-refractivity contribution in [3.8, 4) is 0 Å². The molecule has 0 atom stereocenters. The molecule has 0 saturated carbocycles. The molecule has 12 heavy (non-hydrogen) atoms. The predicted octanol–water partition coefficient (Wildman–Crippen LogP) is 2.17. The standard InChI is InChI=1S/C8H7F3N/c9-8(10,11)7-3-1-2-6(4-7)5-12/h1-5H,12H2/q-1. The number of alkyl halides is 3. The van der Waals surface area contributed by atoms with Gasteiger partial charge in [0.05, 0.1) is 0 Å². The zero-order valence-corrected chi connectivity index (χ0v) is 6.10. The van der Waals surface area contributed by atoms with Crippen molar-refractivity contribution >= 4 is 0 Å². The fourth-order valence-corrected chi connectivity index (χ4v) is 0.819. The van der Waals surface area contributed by atoms with Gasteiger partial charge in [-0.2, -0.15) is 24.8 Å². The van der Waals surface area contributed by atoms with Gasteiger partial charge in [-0.3, -0.25) is 0 Å². The molecular weight excluding hydrogens is 167 g/mol. The van der Waals surface area contributed by atoms with Crippen LogP contribution in [0.5, 0.6) is 0 Å². The Morgan fingerprint density at radius 3 is 2.42 bits per heavy atom. The Balaban J connectivity index is 3.02. The van der Waals surface area contributed by atoms with E-state index in [1.807, 2.05) is 0 Å². The van der Waals surface area contributed by atoms with Gasteiger partial charge in [-0.05, 0) is 5.56 Å². The first-order chi connectivity index (χ1) is 5.54. The lowest BCUT2D eigenvalue weighted by Crippen LogP contribution is -2.05. The van der Waals surface area contributed by atoms with E-state index < -0.39 is 11.7 Å². The minimum Gasteiger partial charge on any atom is -0.360 e. The molecule has 4 heteroatoms. The monoisotopic (exact) mass is 174 g/mol. The molecule has 0 spiro atoms. The Kier molecular flexibility index (Phi) is 2.28. The van der Waals surface area contributed by atoms with Crippen LogP contribution in [0, 0.1) is 6.54 Å². The molecule has 1 nitrogen and oxygen atoms in total. The van der Waals surface area contributed by atoms with E-state index in [0.717, 1.165) is 18.7 Å². The number of halogens is 3. The van der Waals surface area contributed by atoms with Gasteiger partial charge in [-0.25, -0.2) is 0 Å². The molecule has 1 aromatic carbocycles. The van der Waals surface area contributed by atoms with Gasteiger partial charge in [0, 0.05) is 0 Å². The summed E-state index contributed by atoms with van der Waals surface area (Å²) in [6.07, 6.45) is -4.29. The van der Waals surface area contributed by atoms with Crippen LogP contribution >= 0.6 is 0 Å². The van der Waals surface area contributed by atoms with E-state index in [-0.39, 0.29) is 0 Å². The summed E-state index contributed by atoms with van der Waals surface area (Å²) < 4.78 is 36.1. The maximum absolute atomic E-state index is 12.0. The summed E-state index contributed by atoms with van der Waals surface area (Å²) >= 11 is 0. The Labute approximate surface area is 68.0 Å². The van der Waals surface area contributed by atoms with Crippen molar-refractivity contribution in [3.63, 3.8) is 0 Å². The van der Waals surface area contributed by atoms with Crippen molar-refractivity contribution in [2.24, 2.45) is 5.73 Å². The first kappa shape index (κ1) is 8.93. The summed E-state index contributed by atoms with van der Waals surface area (Å²) in [6.45, 7) is 1.13. The van der Waals surface area contributed by atoms with E-state index in [0.29, 0.717) is 5.56 Å². The fraction of sp³-hybridized carbons (Fsp3) is 0.125. The first-order valence-corrected chi connectivity index (χ1v) is 3.26. The quantitative estimate of drug-likeness (QED) is 0.649. The molecular formula is C8H7F3N-. The van der Waals surface area contributed by atoms with Gasteiger partial charge in [0.2, 0.25) is 0 Å². The zero-order chi connectivity index (χ0) is 9.19. The van der Waals surface area contributed by atoms with Crippen LogP contribution in [-0.2, 0) is 6.18 Å². The van der Waals surface area contributed by atoms with Gasteiger partial charge in [0.15, 0.2) is 0 Å². The second-order valence-corrected chi connectivity index (χ2v) is 2.29. The largest absolute Gasteiger partial charge is 0.405 e. The van der Waals surface area contributed by atoms with Crippen LogP contribution in [0.15, 0.2) is 24.3 Å². The third-order valence-electron chi connectivity index (χ3n) is 1.41. The lowest BCUT2D eigenvalue weighted by molar-refractivity contribution is -0.137. The first-order valence-electron chi connectivity index (χ1n) is 3.26. The molecule has 0 aliphatic rings. The van der Waals surface area contributed by atoms with Gasteiger partial charge >= 0.3 is 6.18 Å². The fourth-order valence-electron chi connectivity index (χ4n) is 0.819. The lowest BCUT2D eigenvalue weighted by atomic mass is 10.1. The molecule has 0 radical (unpaired) electrons. The Morgan fingerprint density at radius 1 is 1.25 bits per heavy atom. The van der Waals surface area contributed by atoms with Crippen LogP contribution < -0.4 is 5.73 Å². The van der Waals surface area contributed by atoms with Gasteiger partial charge in [-0.1, -0.05) is 6.07 Å². The van der Waals surface area contributed by atoms with E-state index >= 15 is 0 Å². The van der Waals surface area contributed by atoms with Crippen molar-refractivity contribution in [3.05, 3.63) is 41.9 Å². The highest BCUT2D eigenvalue weighted by Gasteiger charge is 2.27. The summed E-state index contributed by atoms with van der Waals surface area (Å²) in [5.74, 6) is 0. The average molecular weight is 174 g/mol. The lowest BCUT2D eigenvalue weighted by Gasteiger charge is -2.12. The van der Waals surface area contributed by atoms with Crippen LogP contribution in [-0.4, -0.2) is 0 Å². The summed E-state index contributed by atoms with van der Waals surface area (Å²) in [7, 11) is 0. The number of benzene rings is 1. The summed E-state index contributed by atoms with van der Waals surface area (Å²) in [4.78, 5) is 0. The van der Waals surface area contributed by atoms with Gasteiger partial charge < -0.3 is 5.73 Å². The summed E-state index contributed by atoms with van der Waals surface area (Å²) in [5.41, 5.74) is 4.76. The average Bonchev–Trinajstić information content (AvgIpc) is 2.03. The van der Waals surface area contributed by atoms with Gasteiger partial charge in [0.25, 0.3) is 0 Å². The predicted molar refractivity (Wildman–Crippen MR) is 39.0 cm³/mol. The SMILES string of the molecule is N[CH-]c1cccc(C(F)(F)F)c1. The number of hydrogen-bond acceptors (Lipinski definition) is 1. The molecule has 0 amide bonds. The van der Waals surface area contributed by atoms with Crippen LogP contribution in [0.1, 0.15) is 11.1 Å². The van der Waals surface area contributed by atoms with E-state index in [4.69, 9.17) is 5.73 Å². The normalized spacial score (nSPS) is 11.3. The third-order valence-corrected chi connectivity index (χ3v) is 1.41. The molecule has 0 aliphatic carbocycles. The molecule has 0 aromatic heterocycles. The van der Waals surface area contributed by atoms with Crippen molar-refractivity contribution in [2.45, 2.75) is 6.18 Å². The smallest absolute Gasteiger partial charge is 0.360 e. The Hall–Kier alpha value is -1.16. The van der Waals surface area contributed by atoms with Crippen LogP contribution in [0.3, 0.4) is 0 Å². The minimum absolute atomic E-state index is 0.366. The Bertz CT molecular complexity index is 267. The van der Waals surface area contributed by atoms with Crippen LogP contribution in [0.2, 0.25) is 0 Å². The van der Waals surface area contributed by atoms with Gasteiger partial charge in [-0.15, -0.1) is 18.7 Å². The van der Waals surface area contributed by atoms with Crippen LogP contribution in [0.25, 0.3) is 0 Å². The highest BCUT2D eigenvalue weighted by Crippen LogP contribution is 2.29. The minimum atomic E-state index is -4.29. The van der Waals surface area contributed by atoms with E-state index in [9.17, 15) is 13.2 Å². The topological polar surface area (TPSA) is 26.0 Å². The number of rotatable bonds is 1. The second kappa shape index (κ2) is 3.06. The molecule has 0 aliphatic heterocycles. The molecule has 1 rings (SSSR count).